The predicted octanol–water partition coefficient (Wildman–Crippen LogP) is 7.14. The summed E-state index contributed by atoms with van der Waals surface area (Å²) in [6.07, 6.45) is 15.1. The number of fused-ring (bicyclic) bond motifs is 5. The van der Waals surface area contributed by atoms with Crippen LogP contribution in [0.4, 0.5) is 0 Å². The molecule has 2 heteroatoms. The van der Waals surface area contributed by atoms with Gasteiger partial charge in [0.1, 0.15) is 0 Å². The first-order valence-corrected chi connectivity index (χ1v) is 13.7. The highest BCUT2D eigenvalue weighted by Gasteiger charge is 2.68. The maximum absolute atomic E-state index is 11.8. The fraction of sp³-hybridized carbons (Fsp3) is 0.931. The van der Waals surface area contributed by atoms with E-state index in [-0.39, 0.29) is 23.0 Å². The number of allylic oxidation sites excluding steroid dienone is 1. The number of hydrogen-bond acceptors (Lipinski definition) is 2. The van der Waals surface area contributed by atoms with Gasteiger partial charge in [-0.25, -0.2) is 0 Å². The molecule has 2 nitrogen and oxygen atoms in total. The minimum atomic E-state index is -0.191. The van der Waals surface area contributed by atoms with Crippen molar-refractivity contribution < 1.29 is 10.2 Å². The summed E-state index contributed by atoms with van der Waals surface area (Å²) in [6, 6.07) is 0. The Morgan fingerprint density at radius 2 is 1.77 bits per heavy atom. The largest absolute Gasteiger partial charge is 0.393 e. The van der Waals surface area contributed by atoms with Crippen molar-refractivity contribution in [2.24, 2.45) is 45.8 Å². The zero-order valence-corrected chi connectivity index (χ0v) is 21.3. The summed E-state index contributed by atoms with van der Waals surface area (Å²) >= 11 is 0. The SMILES string of the molecule is CCC12C3=CCC4CC(O)CC[C@]4(C)[C@H]3CC[C@]1(C)[C@@H]([C@H](C)CCCC(C)C)CC2O. The van der Waals surface area contributed by atoms with Crippen molar-refractivity contribution in [1.29, 1.82) is 0 Å². The van der Waals surface area contributed by atoms with E-state index in [9.17, 15) is 10.2 Å². The first-order valence-electron chi connectivity index (χ1n) is 13.7. The first-order chi connectivity index (χ1) is 14.6. The highest BCUT2D eigenvalue weighted by molar-refractivity contribution is 5.35. The lowest BCUT2D eigenvalue weighted by Crippen LogP contribution is -2.56. The minimum absolute atomic E-state index is 0.0308. The van der Waals surface area contributed by atoms with Gasteiger partial charge < -0.3 is 10.2 Å². The highest BCUT2D eigenvalue weighted by Crippen LogP contribution is 2.73. The van der Waals surface area contributed by atoms with Crippen molar-refractivity contribution in [2.45, 2.75) is 124 Å². The summed E-state index contributed by atoms with van der Waals surface area (Å²) in [5.74, 6) is 3.34. The molecule has 0 spiro atoms. The Bertz CT molecular complexity index is 682. The van der Waals surface area contributed by atoms with Crippen LogP contribution in [0, 0.1) is 45.8 Å². The van der Waals surface area contributed by atoms with E-state index in [1.165, 1.54) is 32.1 Å². The molecule has 4 aliphatic carbocycles. The molecule has 0 aromatic carbocycles. The van der Waals surface area contributed by atoms with Crippen LogP contribution in [0.1, 0.15) is 112 Å². The van der Waals surface area contributed by atoms with Gasteiger partial charge in [-0.05, 0) is 91.8 Å². The van der Waals surface area contributed by atoms with E-state index in [0.717, 1.165) is 44.4 Å². The van der Waals surface area contributed by atoms with E-state index < -0.39 is 0 Å². The van der Waals surface area contributed by atoms with Gasteiger partial charge in [0, 0.05) is 5.41 Å². The van der Waals surface area contributed by atoms with Crippen LogP contribution in [0.25, 0.3) is 0 Å². The molecular weight excluding hydrogens is 380 g/mol. The van der Waals surface area contributed by atoms with Gasteiger partial charge in [-0.1, -0.05) is 72.5 Å². The van der Waals surface area contributed by atoms with Gasteiger partial charge in [-0.2, -0.15) is 0 Å². The molecule has 3 saturated carbocycles. The van der Waals surface area contributed by atoms with Crippen LogP contribution in [-0.2, 0) is 0 Å². The fourth-order valence-electron chi connectivity index (χ4n) is 9.51. The lowest BCUT2D eigenvalue weighted by molar-refractivity contribution is -0.0908. The Kier molecular flexibility index (Phi) is 6.50. The van der Waals surface area contributed by atoms with Crippen LogP contribution in [0.2, 0.25) is 0 Å². The van der Waals surface area contributed by atoms with Crippen LogP contribution < -0.4 is 0 Å². The quantitative estimate of drug-likeness (QED) is 0.440. The van der Waals surface area contributed by atoms with Gasteiger partial charge in [0.15, 0.2) is 0 Å². The average molecular weight is 431 g/mol. The van der Waals surface area contributed by atoms with Gasteiger partial charge in [0.05, 0.1) is 12.2 Å². The third kappa shape index (κ3) is 3.49. The van der Waals surface area contributed by atoms with Gasteiger partial charge in [0.2, 0.25) is 0 Å². The highest BCUT2D eigenvalue weighted by atomic mass is 16.3. The second kappa shape index (κ2) is 8.46. The van der Waals surface area contributed by atoms with Crippen molar-refractivity contribution in [1.82, 2.24) is 0 Å². The van der Waals surface area contributed by atoms with Gasteiger partial charge in [-0.15, -0.1) is 0 Å². The van der Waals surface area contributed by atoms with Crippen LogP contribution >= 0.6 is 0 Å². The van der Waals surface area contributed by atoms with Crippen molar-refractivity contribution in [2.75, 3.05) is 0 Å². The molecule has 31 heavy (non-hydrogen) atoms. The van der Waals surface area contributed by atoms with E-state index in [0.29, 0.717) is 29.1 Å². The molecule has 0 radical (unpaired) electrons. The summed E-state index contributed by atoms with van der Waals surface area (Å²) in [6.45, 7) is 14.6. The Morgan fingerprint density at radius 3 is 2.45 bits per heavy atom. The van der Waals surface area contributed by atoms with Crippen molar-refractivity contribution in [3.63, 3.8) is 0 Å². The summed E-state index contributed by atoms with van der Waals surface area (Å²) in [5.41, 5.74) is 2.14. The van der Waals surface area contributed by atoms with Crippen LogP contribution in [0.15, 0.2) is 11.6 Å². The molecule has 178 valence electrons. The van der Waals surface area contributed by atoms with Crippen LogP contribution in [0.5, 0.6) is 0 Å². The normalized spacial score (nSPS) is 48.0. The number of hydrogen-bond donors (Lipinski definition) is 2. The molecular formula is C29H50O2. The summed E-state index contributed by atoms with van der Waals surface area (Å²) in [5, 5.41) is 22.1. The van der Waals surface area contributed by atoms with Gasteiger partial charge in [-0.3, -0.25) is 0 Å². The summed E-state index contributed by atoms with van der Waals surface area (Å²) < 4.78 is 0. The van der Waals surface area contributed by atoms with E-state index in [2.05, 4.69) is 47.6 Å². The van der Waals surface area contributed by atoms with Crippen LogP contribution in [0.3, 0.4) is 0 Å². The zero-order chi connectivity index (χ0) is 22.6. The van der Waals surface area contributed by atoms with E-state index >= 15 is 0 Å². The third-order valence-corrected chi connectivity index (χ3v) is 11.3. The second-order valence-electron chi connectivity index (χ2n) is 13.0. The predicted molar refractivity (Wildman–Crippen MR) is 130 cm³/mol. The molecule has 2 N–H and O–H groups in total. The van der Waals surface area contributed by atoms with Crippen molar-refractivity contribution in [3.8, 4) is 0 Å². The molecule has 0 aliphatic heterocycles. The molecule has 4 unspecified atom stereocenters. The standard InChI is InChI=1S/C29H50O2/c1-7-29-24-12-11-21-17-22(30)13-15-27(21,5)23(24)14-16-28(29,6)25(18-26(29)31)20(4)10-8-9-19(2)3/h12,19-23,25-26,30-31H,7-11,13-18H2,1-6H3/t20-,21?,22?,23+,25-,26?,27+,28-,29?/m1/s1. The summed E-state index contributed by atoms with van der Waals surface area (Å²) in [7, 11) is 0. The monoisotopic (exact) mass is 430 g/mol. The molecule has 0 amide bonds. The molecule has 9 atom stereocenters. The lowest BCUT2D eigenvalue weighted by atomic mass is 9.42. The van der Waals surface area contributed by atoms with E-state index in [1.807, 2.05) is 0 Å². The van der Waals surface area contributed by atoms with Gasteiger partial charge >= 0.3 is 0 Å². The molecule has 0 saturated heterocycles. The van der Waals surface area contributed by atoms with Crippen molar-refractivity contribution >= 4 is 0 Å². The Hall–Kier alpha value is -0.340. The number of rotatable bonds is 6. The van der Waals surface area contributed by atoms with Crippen molar-refractivity contribution in [3.05, 3.63) is 11.6 Å². The maximum atomic E-state index is 11.8. The molecule has 4 aliphatic rings. The first kappa shape index (κ1) is 23.8. The smallest absolute Gasteiger partial charge is 0.0641 e. The number of aliphatic hydroxyl groups excluding tert-OH is 2. The topological polar surface area (TPSA) is 40.5 Å². The lowest BCUT2D eigenvalue weighted by Gasteiger charge is -2.62. The Morgan fingerprint density at radius 1 is 1.03 bits per heavy atom. The minimum Gasteiger partial charge on any atom is -0.393 e. The van der Waals surface area contributed by atoms with Crippen LogP contribution in [-0.4, -0.2) is 22.4 Å². The summed E-state index contributed by atoms with van der Waals surface area (Å²) in [4.78, 5) is 0. The molecule has 0 heterocycles. The second-order valence-corrected chi connectivity index (χ2v) is 13.0. The van der Waals surface area contributed by atoms with Gasteiger partial charge in [0.25, 0.3) is 0 Å². The average Bonchev–Trinajstić information content (AvgIpc) is 2.95. The maximum Gasteiger partial charge on any atom is 0.0641 e. The molecule has 0 bridgehead atoms. The Balaban J connectivity index is 1.65. The zero-order valence-electron chi connectivity index (χ0n) is 21.3. The molecule has 3 fully saturated rings. The number of aliphatic hydroxyl groups is 2. The Labute approximate surface area is 192 Å². The molecule has 0 aromatic rings. The van der Waals surface area contributed by atoms with E-state index in [1.54, 1.807) is 5.57 Å². The molecule has 4 rings (SSSR count). The molecule has 0 aromatic heterocycles. The third-order valence-electron chi connectivity index (χ3n) is 11.3. The van der Waals surface area contributed by atoms with E-state index in [4.69, 9.17) is 0 Å². The fourth-order valence-corrected chi connectivity index (χ4v) is 9.51.